The molecule has 0 spiro atoms. The third-order valence-corrected chi connectivity index (χ3v) is 4.15. The van der Waals surface area contributed by atoms with Crippen LogP contribution >= 0.6 is 23.4 Å². The molecule has 1 heterocycles. The molecule has 3 aromatic rings. The first-order valence-electron chi connectivity index (χ1n) is 6.90. The third-order valence-electron chi connectivity index (χ3n) is 3.01. The van der Waals surface area contributed by atoms with Crippen LogP contribution in [0.1, 0.15) is 0 Å². The molecule has 0 bridgehead atoms. The predicted octanol–water partition coefficient (Wildman–Crippen LogP) is 4.23. The fraction of sp³-hybridized carbons (Fsp3) is 0.125. The summed E-state index contributed by atoms with van der Waals surface area (Å²) >= 11 is 7.49. The summed E-state index contributed by atoms with van der Waals surface area (Å²) in [6.07, 6.45) is 1.63. The van der Waals surface area contributed by atoms with Crippen LogP contribution in [0.3, 0.4) is 0 Å². The first-order valence-corrected chi connectivity index (χ1v) is 8.26. The van der Waals surface area contributed by atoms with Crippen molar-refractivity contribution in [2.24, 2.45) is 0 Å². The van der Waals surface area contributed by atoms with Crippen LogP contribution in [0.2, 0.25) is 5.02 Å². The topological polar surface area (TPSA) is 39.9 Å². The van der Waals surface area contributed by atoms with Crippen LogP contribution in [-0.4, -0.2) is 27.1 Å². The first kappa shape index (κ1) is 15.8. The monoisotopic (exact) mass is 349 g/mol. The summed E-state index contributed by atoms with van der Waals surface area (Å²) < 4.78 is 20.7. The van der Waals surface area contributed by atoms with E-state index in [9.17, 15) is 4.39 Å². The molecule has 0 atom stereocenters. The van der Waals surface area contributed by atoms with Gasteiger partial charge in [-0.25, -0.2) is 4.39 Å². The van der Waals surface area contributed by atoms with Crippen LogP contribution in [0, 0.1) is 5.82 Å². The van der Waals surface area contributed by atoms with Crippen molar-refractivity contribution in [2.45, 2.75) is 5.16 Å². The number of thioether (sulfide) groups is 1. The van der Waals surface area contributed by atoms with Crippen molar-refractivity contribution in [3.8, 4) is 11.4 Å². The number of ether oxygens (including phenoxy) is 1. The van der Waals surface area contributed by atoms with Crippen LogP contribution in [0.5, 0.6) is 5.75 Å². The molecule has 0 radical (unpaired) electrons. The molecule has 23 heavy (non-hydrogen) atoms. The summed E-state index contributed by atoms with van der Waals surface area (Å²) in [6, 6.07) is 13.8. The standard InChI is InChI=1S/C16H13ClFN3OS/c17-12-4-3-5-13(10-12)21-11-19-20-16(21)23-9-8-22-15-7-2-1-6-14(15)18/h1-7,10-11H,8-9H2. The van der Waals surface area contributed by atoms with E-state index in [4.69, 9.17) is 16.3 Å². The second-order valence-corrected chi connectivity index (χ2v) is 6.09. The fourth-order valence-electron chi connectivity index (χ4n) is 1.97. The molecule has 2 aromatic carbocycles. The molecule has 0 aliphatic carbocycles. The fourth-order valence-corrected chi connectivity index (χ4v) is 2.90. The van der Waals surface area contributed by atoms with Crippen molar-refractivity contribution >= 4 is 23.4 Å². The number of rotatable bonds is 6. The van der Waals surface area contributed by atoms with Gasteiger partial charge in [0.1, 0.15) is 6.33 Å². The van der Waals surface area contributed by atoms with Gasteiger partial charge in [-0.3, -0.25) is 4.57 Å². The minimum atomic E-state index is -0.361. The molecular weight excluding hydrogens is 337 g/mol. The Morgan fingerprint density at radius 1 is 1.17 bits per heavy atom. The Balaban J connectivity index is 1.60. The van der Waals surface area contributed by atoms with E-state index in [0.717, 1.165) is 10.8 Å². The van der Waals surface area contributed by atoms with Gasteiger partial charge >= 0.3 is 0 Å². The first-order chi connectivity index (χ1) is 11.2. The van der Waals surface area contributed by atoms with Crippen molar-refractivity contribution < 1.29 is 9.13 Å². The maximum atomic E-state index is 13.4. The minimum absolute atomic E-state index is 0.254. The van der Waals surface area contributed by atoms with Gasteiger partial charge in [-0.1, -0.05) is 41.6 Å². The second kappa shape index (κ2) is 7.48. The Morgan fingerprint density at radius 2 is 2.04 bits per heavy atom. The summed E-state index contributed by atoms with van der Waals surface area (Å²) in [6.45, 7) is 0.369. The number of aromatic nitrogens is 3. The zero-order valence-electron chi connectivity index (χ0n) is 12.0. The molecule has 118 valence electrons. The lowest BCUT2D eigenvalue weighted by molar-refractivity contribution is 0.325. The second-order valence-electron chi connectivity index (χ2n) is 4.59. The van der Waals surface area contributed by atoms with Crippen molar-refractivity contribution in [3.05, 3.63) is 65.7 Å². The molecule has 0 aliphatic rings. The van der Waals surface area contributed by atoms with Gasteiger partial charge in [0.15, 0.2) is 16.7 Å². The van der Waals surface area contributed by atoms with Gasteiger partial charge in [-0.15, -0.1) is 10.2 Å². The van der Waals surface area contributed by atoms with Gasteiger partial charge < -0.3 is 4.74 Å². The van der Waals surface area contributed by atoms with E-state index >= 15 is 0 Å². The van der Waals surface area contributed by atoms with Crippen LogP contribution in [0.25, 0.3) is 5.69 Å². The smallest absolute Gasteiger partial charge is 0.195 e. The minimum Gasteiger partial charge on any atom is -0.490 e. The Morgan fingerprint density at radius 3 is 2.87 bits per heavy atom. The highest BCUT2D eigenvalue weighted by Gasteiger charge is 2.08. The van der Waals surface area contributed by atoms with Crippen molar-refractivity contribution in [2.75, 3.05) is 12.4 Å². The summed E-state index contributed by atoms with van der Waals surface area (Å²) in [5.41, 5.74) is 0.889. The molecule has 4 nitrogen and oxygen atoms in total. The summed E-state index contributed by atoms with van der Waals surface area (Å²) in [5.74, 6) is 0.511. The van der Waals surface area contributed by atoms with E-state index in [1.165, 1.54) is 17.8 Å². The Bertz CT molecular complexity index is 796. The normalized spacial score (nSPS) is 10.7. The van der Waals surface area contributed by atoms with Gasteiger partial charge in [0.05, 0.1) is 12.3 Å². The number of benzene rings is 2. The Hall–Kier alpha value is -2.05. The number of nitrogens with zero attached hydrogens (tertiary/aromatic N) is 3. The number of hydrogen-bond donors (Lipinski definition) is 0. The van der Waals surface area contributed by atoms with E-state index in [2.05, 4.69) is 10.2 Å². The lowest BCUT2D eigenvalue weighted by Crippen LogP contribution is -2.03. The van der Waals surface area contributed by atoms with E-state index in [1.54, 1.807) is 24.5 Å². The molecule has 0 saturated heterocycles. The van der Waals surface area contributed by atoms with Gasteiger partial charge in [0.25, 0.3) is 0 Å². The maximum Gasteiger partial charge on any atom is 0.195 e. The average molecular weight is 350 g/mol. The van der Waals surface area contributed by atoms with Crippen LogP contribution in [0.15, 0.2) is 60.0 Å². The quantitative estimate of drug-likeness (QED) is 0.493. The third kappa shape index (κ3) is 4.03. The lowest BCUT2D eigenvalue weighted by atomic mass is 10.3. The number of hydrogen-bond acceptors (Lipinski definition) is 4. The molecule has 0 unspecified atom stereocenters. The molecule has 3 rings (SSSR count). The summed E-state index contributed by atoms with van der Waals surface area (Å²) in [5, 5.41) is 9.39. The van der Waals surface area contributed by atoms with Crippen molar-refractivity contribution in [3.63, 3.8) is 0 Å². The maximum absolute atomic E-state index is 13.4. The van der Waals surface area contributed by atoms with Crippen LogP contribution in [0.4, 0.5) is 4.39 Å². The van der Waals surface area contributed by atoms with E-state index in [0.29, 0.717) is 17.4 Å². The number of halogens is 2. The summed E-state index contributed by atoms with van der Waals surface area (Å²) in [7, 11) is 0. The lowest BCUT2D eigenvalue weighted by Gasteiger charge is -2.08. The molecular formula is C16H13ClFN3OS. The average Bonchev–Trinajstić information content (AvgIpc) is 3.01. The zero-order valence-corrected chi connectivity index (χ0v) is 13.6. The van der Waals surface area contributed by atoms with Gasteiger partial charge in [0, 0.05) is 10.8 Å². The molecule has 1 aromatic heterocycles. The van der Waals surface area contributed by atoms with Crippen molar-refractivity contribution in [1.82, 2.24) is 14.8 Å². The highest BCUT2D eigenvalue weighted by Crippen LogP contribution is 2.22. The van der Waals surface area contributed by atoms with Gasteiger partial charge in [0.2, 0.25) is 0 Å². The molecule has 0 amide bonds. The van der Waals surface area contributed by atoms with Crippen molar-refractivity contribution in [1.29, 1.82) is 0 Å². The predicted molar refractivity (Wildman–Crippen MR) is 89.0 cm³/mol. The van der Waals surface area contributed by atoms with E-state index < -0.39 is 0 Å². The summed E-state index contributed by atoms with van der Waals surface area (Å²) in [4.78, 5) is 0. The van der Waals surface area contributed by atoms with Crippen LogP contribution in [-0.2, 0) is 0 Å². The highest BCUT2D eigenvalue weighted by atomic mass is 35.5. The van der Waals surface area contributed by atoms with Gasteiger partial charge in [-0.2, -0.15) is 0 Å². The Kier molecular flexibility index (Phi) is 5.15. The molecule has 7 heteroatoms. The highest BCUT2D eigenvalue weighted by molar-refractivity contribution is 7.99. The largest absolute Gasteiger partial charge is 0.490 e. The van der Waals surface area contributed by atoms with Gasteiger partial charge in [-0.05, 0) is 30.3 Å². The molecule has 0 N–H and O–H groups in total. The van der Waals surface area contributed by atoms with Crippen LogP contribution < -0.4 is 4.74 Å². The van der Waals surface area contributed by atoms with E-state index in [-0.39, 0.29) is 11.6 Å². The molecule has 0 saturated carbocycles. The Labute approximate surface area is 142 Å². The molecule has 0 aliphatic heterocycles. The number of para-hydroxylation sites is 1. The zero-order chi connectivity index (χ0) is 16.1. The molecule has 0 fully saturated rings. The van der Waals surface area contributed by atoms with E-state index in [1.807, 2.05) is 28.8 Å². The SMILES string of the molecule is Fc1ccccc1OCCSc1nncn1-c1cccc(Cl)c1.